The van der Waals surface area contributed by atoms with Crippen LogP contribution in [0, 0.1) is 20.8 Å². The first-order chi connectivity index (χ1) is 13.0. The average Bonchev–Trinajstić information content (AvgIpc) is 2.96. The lowest BCUT2D eigenvalue weighted by molar-refractivity contribution is -0.121. The second-order valence-corrected chi connectivity index (χ2v) is 7.28. The molecule has 0 bridgehead atoms. The standard InChI is InChI=1S/C20H25N5OS/c1-13-16(14(2)23-20(22-13)27-4)9-10-19(26)21-11-12-25-15(3)24-17-7-5-6-8-18(17)25/h5-8H,9-12H2,1-4H3,(H,21,26). The molecular weight excluding hydrogens is 358 g/mol. The van der Waals surface area contributed by atoms with Gasteiger partial charge in [-0.1, -0.05) is 23.9 Å². The highest BCUT2D eigenvalue weighted by Crippen LogP contribution is 2.17. The number of benzene rings is 1. The highest BCUT2D eigenvalue weighted by atomic mass is 32.2. The third-order valence-corrected chi connectivity index (χ3v) is 5.24. The molecule has 0 saturated carbocycles. The molecule has 142 valence electrons. The van der Waals surface area contributed by atoms with Crippen molar-refractivity contribution in [2.75, 3.05) is 12.8 Å². The summed E-state index contributed by atoms with van der Waals surface area (Å²) in [6, 6.07) is 8.06. The fraction of sp³-hybridized carbons (Fsp3) is 0.400. The number of carbonyl (C=O) groups excluding carboxylic acids is 1. The summed E-state index contributed by atoms with van der Waals surface area (Å²) in [7, 11) is 0. The fourth-order valence-corrected chi connectivity index (χ4v) is 3.73. The molecule has 3 rings (SSSR count). The Morgan fingerprint density at radius 1 is 1.11 bits per heavy atom. The van der Waals surface area contributed by atoms with Gasteiger partial charge in [0.25, 0.3) is 0 Å². The smallest absolute Gasteiger partial charge is 0.220 e. The normalized spacial score (nSPS) is 11.1. The molecule has 0 aliphatic carbocycles. The maximum absolute atomic E-state index is 12.3. The van der Waals surface area contributed by atoms with Crippen molar-refractivity contribution in [3.8, 4) is 0 Å². The van der Waals surface area contributed by atoms with E-state index in [1.54, 1.807) is 0 Å². The summed E-state index contributed by atoms with van der Waals surface area (Å²) < 4.78 is 2.14. The van der Waals surface area contributed by atoms with Crippen molar-refractivity contribution in [2.45, 2.75) is 45.3 Å². The molecule has 7 heteroatoms. The third kappa shape index (κ3) is 4.47. The van der Waals surface area contributed by atoms with Crippen molar-refractivity contribution < 1.29 is 4.79 Å². The number of fused-ring (bicyclic) bond motifs is 1. The quantitative estimate of drug-likeness (QED) is 0.501. The van der Waals surface area contributed by atoms with E-state index in [0.29, 0.717) is 25.9 Å². The van der Waals surface area contributed by atoms with Gasteiger partial charge in [0.2, 0.25) is 5.91 Å². The van der Waals surface area contributed by atoms with Crippen LogP contribution in [0.1, 0.15) is 29.2 Å². The summed E-state index contributed by atoms with van der Waals surface area (Å²) in [6.45, 7) is 7.25. The van der Waals surface area contributed by atoms with Crippen LogP contribution in [-0.4, -0.2) is 38.2 Å². The van der Waals surface area contributed by atoms with Crippen molar-refractivity contribution >= 4 is 28.7 Å². The van der Waals surface area contributed by atoms with Crippen molar-refractivity contribution in [1.29, 1.82) is 0 Å². The number of aryl methyl sites for hydroxylation is 3. The maximum atomic E-state index is 12.3. The monoisotopic (exact) mass is 383 g/mol. The van der Waals surface area contributed by atoms with Crippen LogP contribution in [0.2, 0.25) is 0 Å². The average molecular weight is 384 g/mol. The number of hydrogen-bond donors (Lipinski definition) is 1. The lowest BCUT2D eigenvalue weighted by Crippen LogP contribution is -2.27. The van der Waals surface area contributed by atoms with E-state index in [2.05, 4.69) is 30.9 Å². The lowest BCUT2D eigenvalue weighted by Gasteiger charge is -2.11. The summed E-state index contributed by atoms with van der Waals surface area (Å²) in [5, 5.41) is 3.79. The number of aromatic nitrogens is 4. The van der Waals surface area contributed by atoms with Crippen LogP contribution in [0.5, 0.6) is 0 Å². The number of nitrogens with one attached hydrogen (secondary N) is 1. The molecule has 0 saturated heterocycles. The first-order valence-electron chi connectivity index (χ1n) is 9.06. The van der Waals surface area contributed by atoms with Gasteiger partial charge in [0, 0.05) is 30.9 Å². The minimum atomic E-state index is 0.0461. The van der Waals surface area contributed by atoms with E-state index in [1.807, 2.05) is 45.2 Å². The van der Waals surface area contributed by atoms with Crippen LogP contribution in [0.3, 0.4) is 0 Å². The number of thioether (sulfide) groups is 1. The Morgan fingerprint density at radius 3 is 2.52 bits per heavy atom. The van der Waals surface area contributed by atoms with Crippen molar-refractivity contribution in [2.24, 2.45) is 0 Å². The molecule has 0 aliphatic heterocycles. The molecule has 0 atom stereocenters. The predicted octanol–water partition coefficient (Wildman–Crippen LogP) is 3.22. The number of hydrogen-bond acceptors (Lipinski definition) is 5. The summed E-state index contributed by atoms with van der Waals surface area (Å²) in [5.74, 6) is 1.01. The zero-order valence-corrected chi connectivity index (χ0v) is 17.1. The highest BCUT2D eigenvalue weighted by Gasteiger charge is 2.11. The molecule has 6 nitrogen and oxygen atoms in total. The van der Waals surface area contributed by atoms with E-state index in [4.69, 9.17) is 0 Å². The van der Waals surface area contributed by atoms with Crippen molar-refractivity contribution in [3.63, 3.8) is 0 Å². The van der Waals surface area contributed by atoms with Gasteiger partial charge in [-0.25, -0.2) is 15.0 Å². The Labute approximate surface area is 163 Å². The van der Waals surface area contributed by atoms with Gasteiger partial charge in [-0.3, -0.25) is 4.79 Å². The largest absolute Gasteiger partial charge is 0.354 e. The van der Waals surface area contributed by atoms with Gasteiger partial charge in [0.1, 0.15) is 5.82 Å². The second-order valence-electron chi connectivity index (χ2n) is 6.51. The van der Waals surface area contributed by atoms with Crippen LogP contribution < -0.4 is 5.32 Å². The molecule has 2 aromatic heterocycles. The first-order valence-corrected chi connectivity index (χ1v) is 10.3. The van der Waals surface area contributed by atoms with Gasteiger partial charge >= 0.3 is 0 Å². The molecule has 1 aromatic carbocycles. The van der Waals surface area contributed by atoms with E-state index in [9.17, 15) is 4.79 Å². The van der Waals surface area contributed by atoms with Gasteiger partial charge in [0.15, 0.2) is 5.16 Å². The van der Waals surface area contributed by atoms with Crippen molar-refractivity contribution in [1.82, 2.24) is 24.8 Å². The summed E-state index contributed by atoms with van der Waals surface area (Å²) in [5.41, 5.74) is 5.07. The van der Waals surface area contributed by atoms with Crippen LogP contribution >= 0.6 is 11.8 Å². The topological polar surface area (TPSA) is 72.7 Å². The molecule has 0 aliphatic rings. The SMILES string of the molecule is CSc1nc(C)c(CCC(=O)NCCn2c(C)nc3ccccc32)c(C)n1. The zero-order valence-electron chi connectivity index (χ0n) is 16.2. The molecular formula is C20H25N5OS. The van der Waals surface area contributed by atoms with E-state index >= 15 is 0 Å². The first kappa shape index (κ1) is 19.4. The minimum Gasteiger partial charge on any atom is -0.354 e. The predicted molar refractivity (Wildman–Crippen MR) is 109 cm³/mol. The zero-order chi connectivity index (χ0) is 19.4. The van der Waals surface area contributed by atoms with E-state index in [-0.39, 0.29) is 5.91 Å². The molecule has 2 heterocycles. The number of amides is 1. The number of rotatable bonds is 7. The molecule has 0 radical (unpaired) electrons. The van der Waals surface area contributed by atoms with Crippen molar-refractivity contribution in [3.05, 3.63) is 47.0 Å². The third-order valence-electron chi connectivity index (χ3n) is 4.69. The Kier molecular flexibility index (Phi) is 6.11. The molecule has 0 unspecified atom stereocenters. The highest BCUT2D eigenvalue weighted by molar-refractivity contribution is 7.98. The fourth-order valence-electron chi connectivity index (χ4n) is 3.27. The molecule has 0 fully saturated rings. The lowest BCUT2D eigenvalue weighted by atomic mass is 10.1. The summed E-state index contributed by atoms with van der Waals surface area (Å²) >= 11 is 1.53. The van der Waals surface area contributed by atoms with Gasteiger partial charge in [0.05, 0.1) is 11.0 Å². The Bertz CT molecular complexity index is 943. The molecule has 3 aromatic rings. The minimum absolute atomic E-state index is 0.0461. The Hall–Kier alpha value is -2.41. The molecule has 1 N–H and O–H groups in total. The Balaban J connectivity index is 1.54. The molecule has 0 spiro atoms. The number of para-hydroxylation sites is 2. The maximum Gasteiger partial charge on any atom is 0.220 e. The van der Waals surface area contributed by atoms with Gasteiger partial charge in [-0.2, -0.15) is 0 Å². The van der Waals surface area contributed by atoms with E-state index in [1.165, 1.54) is 11.8 Å². The number of nitrogens with zero attached hydrogens (tertiary/aromatic N) is 4. The van der Waals surface area contributed by atoms with Crippen LogP contribution in [0.15, 0.2) is 29.4 Å². The summed E-state index contributed by atoms with van der Waals surface area (Å²) in [4.78, 5) is 25.8. The van der Waals surface area contributed by atoms with Gasteiger partial charge < -0.3 is 9.88 Å². The Morgan fingerprint density at radius 2 is 1.81 bits per heavy atom. The molecule has 27 heavy (non-hydrogen) atoms. The number of imidazole rings is 1. The van der Waals surface area contributed by atoms with Crippen LogP contribution in [0.25, 0.3) is 11.0 Å². The molecule has 1 amide bonds. The van der Waals surface area contributed by atoms with Gasteiger partial charge in [-0.15, -0.1) is 0 Å². The van der Waals surface area contributed by atoms with E-state index < -0.39 is 0 Å². The second kappa shape index (κ2) is 8.52. The van der Waals surface area contributed by atoms with Crippen LogP contribution in [0.4, 0.5) is 0 Å². The summed E-state index contributed by atoms with van der Waals surface area (Å²) in [6.07, 6.45) is 3.06. The van der Waals surface area contributed by atoms with Gasteiger partial charge in [-0.05, 0) is 51.1 Å². The van der Waals surface area contributed by atoms with E-state index in [0.717, 1.165) is 39.0 Å². The number of carbonyl (C=O) groups is 1. The van der Waals surface area contributed by atoms with Crippen LogP contribution in [-0.2, 0) is 17.8 Å².